The van der Waals surface area contributed by atoms with E-state index in [-0.39, 0.29) is 11.1 Å². The van der Waals surface area contributed by atoms with Crippen molar-refractivity contribution < 1.29 is 28.8 Å². The van der Waals surface area contributed by atoms with Crippen molar-refractivity contribution in [2.45, 2.75) is 24.8 Å². The van der Waals surface area contributed by atoms with Crippen molar-refractivity contribution in [1.29, 1.82) is 0 Å². The molecular weight excluding hydrogens is 402 g/mol. The van der Waals surface area contributed by atoms with Gasteiger partial charge in [-0.3, -0.25) is 19.3 Å². The summed E-state index contributed by atoms with van der Waals surface area (Å²) in [5, 5.41) is 3.10. The number of amides is 5. The first-order chi connectivity index (χ1) is 14.9. The second-order valence-corrected chi connectivity index (χ2v) is 7.65. The van der Waals surface area contributed by atoms with Crippen LogP contribution >= 0.6 is 0 Å². The summed E-state index contributed by atoms with van der Waals surface area (Å²) in [4.78, 5) is 68.7. The number of carbonyl (C=O) groups is 5. The molecule has 0 saturated carbocycles. The van der Waals surface area contributed by atoms with E-state index >= 15 is 0 Å². The normalized spacial score (nSPS) is 21.9. The minimum Gasteiger partial charge on any atom is -0.328 e. The van der Waals surface area contributed by atoms with E-state index in [1.807, 2.05) is 12.1 Å². The summed E-state index contributed by atoms with van der Waals surface area (Å²) in [6.45, 7) is -0.720. The van der Waals surface area contributed by atoms with Crippen molar-refractivity contribution in [2.75, 3.05) is 6.54 Å². The number of hydroxylamine groups is 2. The van der Waals surface area contributed by atoms with Gasteiger partial charge in [-0.25, -0.2) is 9.59 Å². The molecule has 0 bridgehead atoms. The van der Waals surface area contributed by atoms with Gasteiger partial charge in [0, 0.05) is 0 Å². The zero-order valence-corrected chi connectivity index (χ0v) is 16.3. The molecule has 5 rings (SSSR count). The smallest absolute Gasteiger partial charge is 0.328 e. The molecule has 3 aliphatic rings. The minimum atomic E-state index is -1.22. The van der Waals surface area contributed by atoms with Crippen molar-refractivity contribution in [1.82, 2.24) is 15.3 Å². The average Bonchev–Trinajstić information content (AvgIpc) is 3.15. The second kappa shape index (κ2) is 6.76. The van der Waals surface area contributed by atoms with E-state index in [4.69, 9.17) is 4.84 Å². The summed E-state index contributed by atoms with van der Waals surface area (Å²) in [5.74, 6) is -3.17. The van der Waals surface area contributed by atoms with Gasteiger partial charge in [0.15, 0.2) is 0 Å². The Morgan fingerprint density at radius 3 is 2.32 bits per heavy atom. The maximum absolute atomic E-state index is 13.2. The van der Waals surface area contributed by atoms with Crippen LogP contribution in [-0.4, -0.2) is 46.2 Å². The Morgan fingerprint density at radius 1 is 0.968 bits per heavy atom. The van der Waals surface area contributed by atoms with Crippen LogP contribution < -0.4 is 5.32 Å². The average molecular weight is 419 g/mol. The van der Waals surface area contributed by atoms with Crippen LogP contribution in [0.5, 0.6) is 0 Å². The van der Waals surface area contributed by atoms with Gasteiger partial charge in [0.2, 0.25) is 0 Å². The Hall–Kier alpha value is -4.01. The Bertz CT molecular complexity index is 1140. The zero-order chi connectivity index (χ0) is 21.8. The number of urea groups is 1. The Kier molecular flexibility index (Phi) is 4.14. The van der Waals surface area contributed by atoms with Crippen LogP contribution in [0.4, 0.5) is 4.79 Å². The molecule has 2 aromatic rings. The Labute approximate surface area is 176 Å². The van der Waals surface area contributed by atoms with Crippen molar-refractivity contribution in [3.63, 3.8) is 0 Å². The van der Waals surface area contributed by atoms with Crippen molar-refractivity contribution in [3.05, 3.63) is 70.8 Å². The second-order valence-electron chi connectivity index (χ2n) is 7.65. The van der Waals surface area contributed by atoms with Gasteiger partial charge >= 0.3 is 12.0 Å². The largest absolute Gasteiger partial charge is 0.353 e. The molecule has 1 spiro atoms. The molecule has 156 valence electrons. The van der Waals surface area contributed by atoms with Crippen LogP contribution in [-0.2, 0) is 26.4 Å². The number of imide groups is 2. The summed E-state index contributed by atoms with van der Waals surface area (Å²) in [7, 11) is 0. The molecule has 0 radical (unpaired) electrons. The number of rotatable bonds is 3. The van der Waals surface area contributed by atoms with Gasteiger partial charge in [-0.1, -0.05) is 41.5 Å². The van der Waals surface area contributed by atoms with Crippen molar-refractivity contribution in [2.24, 2.45) is 0 Å². The number of hydrogen-bond donors (Lipinski definition) is 1. The molecule has 1 saturated heterocycles. The summed E-state index contributed by atoms with van der Waals surface area (Å²) < 4.78 is 0. The molecule has 2 aromatic carbocycles. The van der Waals surface area contributed by atoms with Crippen LogP contribution in [0.1, 0.15) is 44.7 Å². The maximum atomic E-state index is 13.2. The predicted octanol–water partition coefficient (Wildman–Crippen LogP) is 1.52. The van der Waals surface area contributed by atoms with Crippen LogP contribution in [0.3, 0.4) is 0 Å². The van der Waals surface area contributed by atoms with E-state index in [0.29, 0.717) is 17.9 Å². The van der Waals surface area contributed by atoms with E-state index in [2.05, 4.69) is 5.32 Å². The molecule has 1 atom stereocenters. The number of fused-ring (bicyclic) bond motifs is 3. The number of benzene rings is 2. The fourth-order valence-corrected chi connectivity index (χ4v) is 4.46. The van der Waals surface area contributed by atoms with Crippen molar-refractivity contribution >= 4 is 29.7 Å². The van der Waals surface area contributed by atoms with Crippen LogP contribution in [0.15, 0.2) is 48.5 Å². The predicted molar refractivity (Wildman–Crippen MR) is 104 cm³/mol. The quantitative estimate of drug-likeness (QED) is 0.596. The third-order valence-electron chi connectivity index (χ3n) is 5.89. The van der Waals surface area contributed by atoms with Gasteiger partial charge in [0.05, 0.1) is 11.1 Å². The van der Waals surface area contributed by atoms with Crippen LogP contribution in [0.2, 0.25) is 0 Å². The molecule has 5 amide bonds. The van der Waals surface area contributed by atoms with Gasteiger partial charge < -0.3 is 10.2 Å². The molecule has 1 unspecified atom stereocenters. The van der Waals surface area contributed by atoms with Gasteiger partial charge in [-0.2, -0.15) is 0 Å². The molecule has 9 heteroatoms. The molecular formula is C22H17N3O6. The third-order valence-corrected chi connectivity index (χ3v) is 5.89. The van der Waals surface area contributed by atoms with Gasteiger partial charge in [0.25, 0.3) is 17.7 Å². The summed E-state index contributed by atoms with van der Waals surface area (Å²) in [6, 6.07) is 12.7. The van der Waals surface area contributed by atoms with E-state index < -0.39 is 41.8 Å². The minimum absolute atomic E-state index is 0.119. The highest BCUT2D eigenvalue weighted by atomic mass is 16.7. The maximum Gasteiger partial charge on any atom is 0.353 e. The lowest BCUT2D eigenvalue weighted by molar-refractivity contribution is -0.170. The fourth-order valence-electron chi connectivity index (χ4n) is 4.46. The van der Waals surface area contributed by atoms with Crippen LogP contribution in [0, 0.1) is 0 Å². The standard InChI is InChI=1S/C22H17N3O6/c26-17(31-25-18(27)14-8-2-3-9-15(14)19(25)28)12-24-20(29)22(23-21(24)30)11-5-7-13-6-1-4-10-16(13)22/h1-4,6,8-10H,5,7,11-12H2,(H,23,30). The number of hydrogen-bond acceptors (Lipinski definition) is 6. The first-order valence-electron chi connectivity index (χ1n) is 9.83. The fraction of sp³-hybridized carbons (Fsp3) is 0.227. The lowest BCUT2D eigenvalue weighted by atomic mass is 9.76. The monoisotopic (exact) mass is 419 g/mol. The van der Waals surface area contributed by atoms with Gasteiger partial charge in [0.1, 0.15) is 12.1 Å². The molecule has 9 nitrogen and oxygen atoms in total. The Morgan fingerprint density at radius 2 is 1.61 bits per heavy atom. The molecule has 31 heavy (non-hydrogen) atoms. The van der Waals surface area contributed by atoms with Crippen molar-refractivity contribution in [3.8, 4) is 0 Å². The molecule has 2 aliphatic heterocycles. The summed E-state index contributed by atoms with van der Waals surface area (Å²) in [5.41, 5.74) is 0.705. The highest BCUT2D eigenvalue weighted by Gasteiger charge is 2.54. The summed E-state index contributed by atoms with van der Waals surface area (Å²) in [6.07, 6.45) is 1.91. The molecule has 0 aromatic heterocycles. The number of nitrogens with one attached hydrogen (secondary N) is 1. The highest BCUT2D eigenvalue weighted by molar-refractivity contribution is 6.21. The summed E-state index contributed by atoms with van der Waals surface area (Å²) >= 11 is 0. The van der Waals surface area contributed by atoms with Crippen LogP contribution in [0.25, 0.3) is 0 Å². The molecule has 2 heterocycles. The Balaban J connectivity index is 1.34. The lowest BCUT2D eigenvalue weighted by Gasteiger charge is -2.33. The molecule has 1 fully saturated rings. The van der Waals surface area contributed by atoms with Gasteiger partial charge in [-0.05, 0) is 42.5 Å². The lowest BCUT2D eigenvalue weighted by Crippen LogP contribution is -2.47. The topological polar surface area (TPSA) is 113 Å². The highest BCUT2D eigenvalue weighted by Crippen LogP contribution is 2.39. The number of nitrogens with zero attached hydrogens (tertiary/aromatic N) is 2. The third kappa shape index (κ3) is 2.73. The van der Waals surface area contributed by atoms with Gasteiger partial charge in [-0.15, -0.1) is 0 Å². The molecule has 1 aliphatic carbocycles. The first-order valence-corrected chi connectivity index (χ1v) is 9.83. The molecule has 1 N–H and O–H groups in total. The van der Waals surface area contributed by atoms with E-state index in [0.717, 1.165) is 22.4 Å². The number of carbonyl (C=O) groups excluding carboxylic acids is 5. The SMILES string of the molecule is O=C(CN1C(=O)NC2(CCCc3ccccc32)C1=O)ON1C(=O)c2ccccc2C1=O. The van der Waals surface area contributed by atoms with E-state index in [1.54, 1.807) is 24.3 Å². The number of aryl methyl sites for hydroxylation is 1. The van der Waals surface area contributed by atoms with E-state index in [9.17, 15) is 24.0 Å². The first kappa shape index (κ1) is 19.0. The van der Waals surface area contributed by atoms with E-state index in [1.165, 1.54) is 12.1 Å². The zero-order valence-electron chi connectivity index (χ0n) is 16.3.